The highest BCUT2D eigenvalue weighted by Gasteiger charge is 2.10. The molecule has 0 saturated carbocycles. The predicted molar refractivity (Wildman–Crippen MR) is 116 cm³/mol. The molecule has 3 aromatic rings. The molecule has 3 rings (SSSR count). The lowest BCUT2D eigenvalue weighted by atomic mass is 10.1. The van der Waals surface area contributed by atoms with E-state index >= 15 is 0 Å². The van der Waals surface area contributed by atoms with E-state index in [1.54, 1.807) is 12.3 Å². The minimum Gasteiger partial charge on any atom is -0.369 e. The number of nitrogens with zero attached hydrogens (tertiary/aromatic N) is 2. The molecule has 0 spiro atoms. The summed E-state index contributed by atoms with van der Waals surface area (Å²) in [6.45, 7) is 6.59. The molecular formula is C24H24FN3O. The van der Waals surface area contributed by atoms with E-state index in [2.05, 4.69) is 30.2 Å². The van der Waals surface area contributed by atoms with Crippen molar-refractivity contribution in [1.29, 1.82) is 0 Å². The lowest BCUT2D eigenvalue weighted by Crippen LogP contribution is -2.27. The van der Waals surface area contributed by atoms with Crippen LogP contribution < -0.4 is 5.32 Å². The number of hydrogen-bond acceptors (Lipinski definition) is 3. The van der Waals surface area contributed by atoms with Crippen molar-refractivity contribution < 1.29 is 9.18 Å². The van der Waals surface area contributed by atoms with Gasteiger partial charge in [0.2, 0.25) is 0 Å². The Bertz CT molecular complexity index is 1090. The Labute approximate surface area is 170 Å². The van der Waals surface area contributed by atoms with Gasteiger partial charge in [0.15, 0.2) is 6.29 Å². The molecule has 0 bridgehead atoms. The molecule has 1 N–H and O–H groups in total. The smallest absolute Gasteiger partial charge is 0.152 e. The van der Waals surface area contributed by atoms with Crippen molar-refractivity contribution in [2.45, 2.75) is 27.3 Å². The zero-order valence-corrected chi connectivity index (χ0v) is 16.8. The van der Waals surface area contributed by atoms with Crippen LogP contribution >= 0.6 is 0 Å². The van der Waals surface area contributed by atoms with Crippen LogP contribution in [0.4, 0.5) is 4.39 Å². The number of aldehydes is 1. The van der Waals surface area contributed by atoms with Crippen molar-refractivity contribution in [1.82, 2.24) is 10.3 Å². The molecule has 148 valence electrons. The highest BCUT2D eigenvalue weighted by atomic mass is 19.1. The van der Waals surface area contributed by atoms with E-state index in [1.165, 1.54) is 12.1 Å². The summed E-state index contributed by atoms with van der Waals surface area (Å²) in [5.41, 5.74) is 3.42. The molecule has 2 aromatic carbocycles. The van der Waals surface area contributed by atoms with Crippen LogP contribution in [0, 0.1) is 11.7 Å². The summed E-state index contributed by atoms with van der Waals surface area (Å²) in [4.78, 5) is 19.9. The first-order valence-electron chi connectivity index (χ1n) is 9.59. The van der Waals surface area contributed by atoms with Gasteiger partial charge in [-0.15, -0.1) is 0 Å². The highest BCUT2D eigenvalue weighted by Crippen LogP contribution is 2.20. The Balaban J connectivity index is 1.82. The number of aromatic nitrogens is 1. The van der Waals surface area contributed by atoms with Crippen molar-refractivity contribution in [3.8, 4) is 0 Å². The Hall–Kier alpha value is -3.34. The van der Waals surface area contributed by atoms with E-state index in [1.807, 2.05) is 37.3 Å². The quantitative estimate of drug-likeness (QED) is 0.349. The maximum Gasteiger partial charge on any atom is 0.152 e. The van der Waals surface area contributed by atoms with Gasteiger partial charge in [0.05, 0.1) is 16.8 Å². The molecule has 0 unspecified atom stereocenters. The number of rotatable bonds is 6. The third kappa shape index (κ3) is 4.93. The van der Waals surface area contributed by atoms with Crippen molar-refractivity contribution in [3.63, 3.8) is 0 Å². The molecule has 0 amide bonds. The zero-order chi connectivity index (χ0) is 20.8. The van der Waals surface area contributed by atoms with Crippen LogP contribution in [0.3, 0.4) is 0 Å². The average molecular weight is 389 g/mol. The van der Waals surface area contributed by atoms with Gasteiger partial charge in [-0.3, -0.25) is 9.78 Å². The Morgan fingerprint density at radius 2 is 2.03 bits per heavy atom. The number of allylic oxidation sites excluding steroid dienone is 1. The third-order valence-corrected chi connectivity index (χ3v) is 4.63. The van der Waals surface area contributed by atoms with Crippen molar-refractivity contribution in [2.24, 2.45) is 10.9 Å². The number of carbonyl (C=O) groups excluding carboxylic acids is 1. The Morgan fingerprint density at radius 1 is 1.21 bits per heavy atom. The summed E-state index contributed by atoms with van der Waals surface area (Å²) < 4.78 is 14.0. The van der Waals surface area contributed by atoms with E-state index in [4.69, 9.17) is 4.99 Å². The number of pyridine rings is 1. The standard InChI is InChI=1S/C24H24FN3O/c1-4-22(19-8-9-20(15-29)21(25)13-19)28-24(16(2)3)27-14-17-7-10-23-18(12-17)6-5-11-26-23/h4-13,15-16H,14H2,1-3H3,(H,27,28)/b22-4-. The molecular weight excluding hydrogens is 365 g/mol. The lowest BCUT2D eigenvalue weighted by Gasteiger charge is -2.15. The van der Waals surface area contributed by atoms with Gasteiger partial charge >= 0.3 is 0 Å². The van der Waals surface area contributed by atoms with Gasteiger partial charge in [-0.25, -0.2) is 9.38 Å². The van der Waals surface area contributed by atoms with Crippen molar-refractivity contribution in [3.05, 3.63) is 83.3 Å². The highest BCUT2D eigenvalue weighted by molar-refractivity contribution is 5.90. The number of halogens is 1. The van der Waals surface area contributed by atoms with Crippen LogP contribution in [0.25, 0.3) is 16.6 Å². The van der Waals surface area contributed by atoms with E-state index in [9.17, 15) is 9.18 Å². The maximum atomic E-state index is 14.0. The van der Waals surface area contributed by atoms with Gasteiger partial charge in [0.25, 0.3) is 0 Å². The molecule has 4 nitrogen and oxygen atoms in total. The summed E-state index contributed by atoms with van der Waals surface area (Å²) in [6.07, 6.45) is 4.13. The molecule has 29 heavy (non-hydrogen) atoms. The SMILES string of the molecule is C/C=C(\N=C(\NCc1ccc2ncccc2c1)C(C)C)c1ccc(C=O)c(F)c1. The van der Waals surface area contributed by atoms with Gasteiger partial charge in [0.1, 0.15) is 11.7 Å². The van der Waals surface area contributed by atoms with Crippen LogP contribution in [0.1, 0.15) is 42.3 Å². The van der Waals surface area contributed by atoms with Gasteiger partial charge in [-0.1, -0.05) is 38.1 Å². The van der Waals surface area contributed by atoms with Crippen molar-refractivity contribution >= 4 is 28.7 Å². The second-order valence-electron chi connectivity index (χ2n) is 7.06. The summed E-state index contributed by atoms with van der Waals surface area (Å²) in [5, 5.41) is 4.50. The predicted octanol–water partition coefficient (Wildman–Crippen LogP) is 5.39. The lowest BCUT2D eigenvalue weighted by molar-refractivity contribution is 0.112. The fourth-order valence-electron chi connectivity index (χ4n) is 3.01. The molecule has 0 aliphatic carbocycles. The third-order valence-electron chi connectivity index (χ3n) is 4.63. The van der Waals surface area contributed by atoms with E-state index in [0.29, 0.717) is 24.1 Å². The molecule has 0 aliphatic heterocycles. The molecule has 1 aromatic heterocycles. The minimum absolute atomic E-state index is 0.0428. The largest absolute Gasteiger partial charge is 0.369 e. The van der Waals surface area contributed by atoms with E-state index in [0.717, 1.165) is 22.3 Å². The summed E-state index contributed by atoms with van der Waals surface area (Å²) >= 11 is 0. The molecule has 5 heteroatoms. The summed E-state index contributed by atoms with van der Waals surface area (Å²) in [5.74, 6) is 0.423. The van der Waals surface area contributed by atoms with Crippen molar-refractivity contribution in [2.75, 3.05) is 0 Å². The van der Waals surface area contributed by atoms with Gasteiger partial charge in [0, 0.05) is 29.6 Å². The second kappa shape index (κ2) is 9.24. The molecule has 0 aliphatic rings. The first kappa shape index (κ1) is 20.4. The van der Waals surface area contributed by atoms with Crippen LogP contribution in [-0.4, -0.2) is 17.1 Å². The monoisotopic (exact) mass is 389 g/mol. The van der Waals surface area contributed by atoms with Crippen LogP contribution in [0.5, 0.6) is 0 Å². The maximum absolute atomic E-state index is 14.0. The van der Waals surface area contributed by atoms with E-state index in [-0.39, 0.29) is 11.5 Å². The fourth-order valence-corrected chi connectivity index (χ4v) is 3.01. The Kier molecular flexibility index (Phi) is 6.50. The first-order chi connectivity index (χ1) is 14.0. The number of amidine groups is 1. The fraction of sp³-hybridized carbons (Fsp3) is 0.208. The number of benzene rings is 2. The van der Waals surface area contributed by atoms with E-state index < -0.39 is 5.82 Å². The molecule has 1 heterocycles. The molecule has 0 saturated heterocycles. The number of carbonyl (C=O) groups is 1. The zero-order valence-electron chi connectivity index (χ0n) is 16.8. The normalized spacial score (nSPS) is 12.4. The number of fused-ring (bicyclic) bond motifs is 1. The topological polar surface area (TPSA) is 54.4 Å². The van der Waals surface area contributed by atoms with Gasteiger partial charge in [-0.2, -0.15) is 0 Å². The van der Waals surface area contributed by atoms with Crippen LogP contribution in [0.15, 0.2) is 65.8 Å². The Morgan fingerprint density at radius 3 is 2.72 bits per heavy atom. The van der Waals surface area contributed by atoms with Gasteiger partial charge in [-0.05, 0) is 42.8 Å². The van der Waals surface area contributed by atoms with Gasteiger partial charge < -0.3 is 5.32 Å². The summed E-state index contributed by atoms with van der Waals surface area (Å²) in [7, 11) is 0. The average Bonchev–Trinajstić information content (AvgIpc) is 2.73. The first-order valence-corrected chi connectivity index (χ1v) is 9.59. The molecule has 0 radical (unpaired) electrons. The number of hydrogen-bond donors (Lipinski definition) is 1. The number of aliphatic imine (C=N–C) groups is 1. The van der Waals surface area contributed by atoms with Crippen LogP contribution in [-0.2, 0) is 6.54 Å². The second-order valence-corrected chi connectivity index (χ2v) is 7.06. The number of nitrogens with one attached hydrogen (secondary N) is 1. The van der Waals surface area contributed by atoms with Crippen LogP contribution in [0.2, 0.25) is 0 Å². The molecule has 0 atom stereocenters. The summed E-state index contributed by atoms with van der Waals surface area (Å²) in [6, 6.07) is 14.7. The molecule has 0 fully saturated rings. The minimum atomic E-state index is -0.545.